The predicted molar refractivity (Wildman–Crippen MR) is 82.3 cm³/mol. The average Bonchev–Trinajstić information content (AvgIpc) is 2.98. The second kappa shape index (κ2) is 6.98. The third-order valence-electron chi connectivity index (χ3n) is 4.07. The molecule has 0 aliphatic carbocycles. The first-order chi connectivity index (χ1) is 11.1. The Morgan fingerprint density at radius 2 is 1.92 bits per heavy atom. The molecular weight excluding hydrogens is 323 g/mol. The quantitative estimate of drug-likeness (QED) is 0.914. The highest BCUT2D eigenvalue weighted by Crippen LogP contribution is 2.31. The van der Waals surface area contributed by atoms with Crippen molar-refractivity contribution in [2.75, 3.05) is 13.1 Å². The van der Waals surface area contributed by atoms with E-state index in [1.807, 2.05) is 0 Å². The van der Waals surface area contributed by atoms with Gasteiger partial charge in [-0.1, -0.05) is 20.8 Å². The zero-order valence-electron chi connectivity index (χ0n) is 14.2. The van der Waals surface area contributed by atoms with Crippen molar-refractivity contribution in [1.82, 2.24) is 25.0 Å². The maximum Gasteiger partial charge on any atom is 0.408 e. The van der Waals surface area contributed by atoms with Crippen LogP contribution in [-0.2, 0) is 0 Å². The Bertz CT molecular complexity index is 530. The fraction of sp³-hybridized carbons (Fsp3) is 0.800. The third kappa shape index (κ3) is 5.10. The van der Waals surface area contributed by atoms with Crippen molar-refractivity contribution in [1.29, 1.82) is 0 Å². The SMILES string of the molecule is CC(C)(C)CC(NC(=O)N1CCC(n2cncn2)CC1)C(F)(F)F. The molecule has 6 nitrogen and oxygen atoms in total. The Balaban J connectivity index is 1.91. The summed E-state index contributed by atoms with van der Waals surface area (Å²) in [6.45, 7) is 5.97. The molecule has 1 aromatic rings. The molecule has 1 unspecified atom stereocenters. The predicted octanol–water partition coefficient (Wildman–Crippen LogP) is 2.99. The molecule has 1 aliphatic heterocycles. The zero-order valence-corrected chi connectivity index (χ0v) is 14.2. The monoisotopic (exact) mass is 347 g/mol. The molecule has 0 spiro atoms. The van der Waals surface area contributed by atoms with Crippen molar-refractivity contribution in [2.45, 2.75) is 58.3 Å². The molecule has 2 rings (SSSR count). The van der Waals surface area contributed by atoms with Gasteiger partial charge in [-0.2, -0.15) is 18.3 Å². The van der Waals surface area contributed by atoms with Gasteiger partial charge in [0.05, 0.1) is 6.04 Å². The lowest BCUT2D eigenvalue weighted by atomic mass is 9.88. The van der Waals surface area contributed by atoms with Crippen LogP contribution in [0.15, 0.2) is 12.7 Å². The first-order valence-electron chi connectivity index (χ1n) is 8.02. The maximum atomic E-state index is 13.2. The lowest BCUT2D eigenvalue weighted by Crippen LogP contribution is -2.53. The van der Waals surface area contributed by atoms with Gasteiger partial charge in [-0.05, 0) is 24.7 Å². The molecule has 0 bridgehead atoms. The molecule has 24 heavy (non-hydrogen) atoms. The number of piperidine rings is 1. The molecule has 1 saturated heterocycles. The van der Waals surface area contributed by atoms with Crippen LogP contribution >= 0.6 is 0 Å². The van der Waals surface area contributed by atoms with E-state index in [2.05, 4.69) is 15.4 Å². The average molecular weight is 347 g/mol. The summed E-state index contributed by atoms with van der Waals surface area (Å²) >= 11 is 0. The van der Waals surface area contributed by atoms with Gasteiger partial charge in [-0.3, -0.25) is 0 Å². The highest BCUT2D eigenvalue weighted by Gasteiger charge is 2.43. The molecule has 1 atom stereocenters. The summed E-state index contributed by atoms with van der Waals surface area (Å²) in [5.74, 6) is 0. The van der Waals surface area contributed by atoms with Crippen LogP contribution in [0.2, 0.25) is 0 Å². The van der Waals surface area contributed by atoms with Crippen LogP contribution in [0.4, 0.5) is 18.0 Å². The van der Waals surface area contributed by atoms with E-state index < -0.39 is 23.7 Å². The second-order valence-corrected chi connectivity index (χ2v) is 7.40. The Morgan fingerprint density at radius 1 is 1.29 bits per heavy atom. The number of carbonyl (C=O) groups is 1. The number of hydrogen-bond donors (Lipinski definition) is 1. The van der Waals surface area contributed by atoms with E-state index in [9.17, 15) is 18.0 Å². The van der Waals surface area contributed by atoms with Gasteiger partial charge in [-0.25, -0.2) is 14.5 Å². The van der Waals surface area contributed by atoms with Crippen LogP contribution < -0.4 is 5.32 Å². The number of likely N-dealkylation sites (tertiary alicyclic amines) is 1. The summed E-state index contributed by atoms with van der Waals surface area (Å²) in [7, 11) is 0. The van der Waals surface area contributed by atoms with Crippen molar-refractivity contribution in [3.63, 3.8) is 0 Å². The number of halogens is 3. The van der Waals surface area contributed by atoms with Gasteiger partial charge in [0.25, 0.3) is 0 Å². The number of carbonyl (C=O) groups excluding carboxylic acids is 1. The van der Waals surface area contributed by atoms with Gasteiger partial charge < -0.3 is 10.2 Å². The number of alkyl halides is 3. The molecule has 2 amide bonds. The zero-order chi connectivity index (χ0) is 18.0. The maximum absolute atomic E-state index is 13.2. The minimum absolute atomic E-state index is 0.129. The van der Waals surface area contributed by atoms with Gasteiger partial charge in [0.15, 0.2) is 0 Å². The molecule has 1 aromatic heterocycles. The van der Waals surface area contributed by atoms with Crippen LogP contribution in [0.5, 0.6) is 0 Å². The molecule has 0 radical (unpaired) electrons. The lowest BCUT2D eigenvalue weighted by Gasteiger charge is -2.34. The van der Waals surface area contributed by atoms with E-state index in [0.29, 0.717) is 25.9 Å². The summed E-state index contributed by atoms with van der Waals surface area (Å²) < 4.78 is 41.3. The smallest absolute Gasteiger partial charge is 0.326 e. The van der Waals surface area contributed by atoms with Crippen LogP contribution in [0.3, 0.4) is 0 Å². The van der Waals surface area contributed by atoms with Crippen molar-refractivity contribution in [2.24, 2.45) is 5.41 Å². The van der Waals surface area contributed by atoms with Gasteiger partial charge in [0, 0.05) is 13.1 Å². The van der Waals surface area contributed by atoms with Crippen LogP contribution in [0, 0.1) is 5.41 Å². The van der Waals surface area contributed by atoms with Crippen molar-refractivity contribution in [3.05, 3.63) is 12.7 Å². The molecule has 9 heteroatoms. The summed E-state index contributed by atoms with van der Waals surface area (Å²) in [5, 5.41) is 6.23. The summed E-state index contributed by atoms with van der Waals surface area (Å²) in [5.41, 5.74) is -0.534. The van der Waals surface area contributed by atoms with Gasteiger partial charge in [-0.15, -0.1) is 0 Å². The number of rotatable bonds is 3. The van der Waals surface area contributed by atoms with Gasteiger partial charge >= 0.3 is 12.2 Å². The normalized spacial score (nSPS) is 18.5. The number of aromatic nitrogens is 3. The summed E-state index contributed by atoms with van der Waals surface area (Å²) in [6.07, 6.45) is -0.262. The fourth-order valence-corrected chi connectivity index (χ4v) is 2.84. The molecule has 0 saturated carbocycles. The van der Waals surface area contributed by atoms with Crippen molar-refractivity contribution >= 4 is 6.03 Å². The number of amides is 2. The molecule has 2 heterocycles. The topological polar surface area (TPSA) is 63.1 Å². The number of nitrogens with one attached hydrogen (secondary N) is 1. The summed E-state index contributed by atoms with van der Waals surface area (Å²) in [6, 6.07) is -2.36. The standard InChI is InChI=1S/C15H24F3N5O/c1-14(2,3)8-12(15(16,17)18)21-13(24)22-6-4-11(5-7-22)23-10-19-9-20-23/h9-12H,4-8H2,1-3H3,(H,21,24). The van der Waals surface area contributed by atoms with Gasteiger partial charge in [0.1, 0.15) is 18.7 Å². The summed E-state index contributed by atoms with van der Waals surface area (Å²) in [4.78, 5) is 17.5. The minimum atomic E-state index is -4.46. The second-order valence-electron chi connectivity index (χ2n) is 7.40. The van der Waals surface area contributed by atoms with Crippen LogP contribution in [0.25, 0.3) is 0 Å². The first kappa shape index (κ1) is 18.5. The Morgan fingerprint density at radius 3 is 2.38 bits per heavy atom. The van der Waals surface area contributed by atoms with Crippen molar-refractivity contribution < 1.29 is 18.0 Å². The van der Waals surface area contributed by atoms with E-state index in [1.54, 1.807) is 31.8 Å². The van der Waals surface area contributed by atoms with Crippen LogP contribution in [-0.4, -0.2) is 51.0 Å². The lowest BCUT2D eigenvalue weighted by molar-refractivity contribution is -0.159. The van der Waals surface area contributed by atoms with E-state index in [1.165, 1.54) is 11.2 Å². The largest absolute Gasteiger partial charge is 0.408 e. The fourth-order valence-electron chi connectivity index (χ4n) is 2.84. The number of hydrogen-bond acceptors (Lipinski definition) is 3. The highest BCUT2D eigenvalue weighted by molar-refractivity contribution is 5.74. The van der Waals surface area contributed by atoms with E-state index in [4.69, 9.17) is 0 Å². The molecule has 136 valence electrons. The molecule has 0 aromatic carbocycles. The Kier molecular flexibility index (Phi) is 5.39. The third-order valence-corrected chi connectivity index (χ3v) is 4.07. The van der Waals surface area contributed by atoms with Crippen molar-refractivity contribution in [3.8, 4) is 0 Å². The Labute approximate surface area is 139 Å². The van der Waals surface area contributed by atoms with Crippen LogP contribution in [0.1, 0.15) is 46.1 Å². The molecule has 1 aliphatic rings. The molecule has 1 N–H and O–H groups in total. The minimum Gasteiger partial charge on any atom is -0.326 e. The van der Waals surface area contributed by atoms with Gasteiger partial charge in [0.2, 0.25) is 0 Å². The number of urea groups is 1. The van der Waals surface area contributed by atoms with E-state index in [0.717, 1.165) is 0 Å². The Hall–Kier alpha value is -1.80. The van der Waals surface area contributed by atoms with E-state index in [-0.39, 0.29) is 12.5 Å². The highest BCUT2D eigenvalue weighted by atomic mass is 19.4. The number of nitrogens with zero attached hydrogens (tertiary/aromatic N) is 4. The first-order valence-corrected chi connectivity index (χ1v) is 8.02. The molecular formula is C15H24F3N5O. The van der Waals surface area contributed by atoms with E-state index >= 15 is 0 Å². The molecule has 1 fully saturated rings.